The number of methoxy groups -OCH3 is 1. The smallest absolute Gasteiger partial charge is 0.230 e. The van der Waals surface area contributed by atoms with Crippen LogP contribution in [0.5, 0.6) is 5.75 Å². The van der Waals surface area contributed by atoms with E-state index >= 15 is 0 Å². The van der Waals surface area contributed by atoms with E-state index in [1.54, 1.807) is 7.11 Å². The molecule has 0 unspecified atom stereocenters. The van der Waals surface area contributed by atoms with Crippen molar-refractivity contribution in [1.82, 2.24) is 4.98 Å². The number of pyridine rings is 1. The molecule has 3 aromatic rings. The van der Waals surface area contributed by atoms with Crippen molar-refractivity contribution in [2.75, 3.05) is 12.4 Å². The molecule has 0 radical (unpaired) electrons. The number of carbonyl (C=O) groups is 1. The van der Waals surface area contributed by atoms with Crippen LogP contribution in [0, 0.1) is 0 Å². The largest absolute Gasteiger partial charge is 0.496 e. The molecule has 25 heavy (non-hydrogen) atoms. The number of amides is 1. The van der Waals surface area contributed by atoms with E-state index in [0.29, 0.717) is 10.8 Å². The Hall–Kier alpha value is -1.82. The second-order valence-corrected chi connectivity index (χ2v) is 7.08. The minimum atomic E-state index is -0.245. The monoisotopic (exact) mass is 438 g/mol. The number of nitrogens with one attached hydrogen (secondary N) is 1. The average Bonchev–Trinajstić information content (AvgIpc) is 2.57. The number of ether oxygens (including phenoxy) is 1. The zero-order chi connectivity index (χ0) is 18.0. The van der Waals surface area contributed by atoms with E-state index in [1.807, 2.05) is 30.3 Å². The fourth-order valence-electron chi connectivity index (χ4n) is 2.56. The Bertz CT molecular complexity index is 963. The summed E-state index contributed by atoms with van der Waals surface area (Å²) in [5.41, 5.74) is 0.801. The topological polar surface area (TPSA) is 51.2 Å². The van der Waals surface area contributed by atoms with E-state index in [9.17, 15) is 4.79 Å². The predicted molar refractivity (Wildman–Crippen MR) is 105 cm³/mol. The third kappa shape index (κ3) is 4.06. The van der Waals surface area contributed by atoms with Crippen LogP contribution in [0.4, 0.5) is 5.82 Å². The molecule has 0 aliphatic rings. The Kier molecular flexibility index (Phi) is 5.47. The second kappa shape index (κ2) is 7.60. The number of hydrogen-bond donors (Lipinski definition) is 1. The third-order valence-electron chi connectivity index (χ3n) is 3.67. The van der Waals surface area contributed by atoms with Gasteiger partial charge >= 0.3 is 0 Å². The molecule has 0 spiro atoms. The molecule has 0 fully saturated rings. The van der Waals surface area contributed by atoms with Crippen LogP contribution in [-0.2, 0) is 11.2 Å². The molecule has 0 aliphatic carbocycles. The highest BCUT2D eigenvalue weighted by atomic mass is 79.9. The lowest BCUT2D eigenvalue weighted by Crippen LogP contribution is -2.16. The fourth-order valence-corrected chi connectivity index (χ4v) is 3.37. The molecule has 1 aromatic heterocycles. The van der Waals surface area contributed by atoms with Crippen molar-refractivity contribution in [1.29, 1.82) is 0 Å². The summed E-state index contributed by atoms with van der Waals surface area (Å²) >= 11 is 15.3. The molecular weight excluding hydrogens is 427 g/mol. The standard InChI is InChI=1S/C18H13BrCl2N2O2/c1-25-16-5-2-10-6-11(19)3-4-13(10)14(16)8-17(24)23-18-15(21)7-12(20)9-22-18/h2-7,9H,8H2,1H3,(H,22,23,24). The molecule has 0 saturated heterocycles. The minimum absolute atomic E-state index is 0.128. The first-order valence-electron chi connectivity index (χ1n) is 7.34. The normalized spacial score (nSPS) is 10.7. The number of carbonyl (C=O) groups excluding carboxylic acids is 1. The van der Waals surface area contributed by atoms with Crippen LogP contribution in [0.15, 0.2) is 47.1 Å². The molecule has 1 N–H and O–H groups in total. The lowest BCUT2D eigenvalue weighted by molar-refractivity contribution is -0.115. The first-order valence-corrected chi connectivity index (χ1v) is 8.89. The number of anilines is 1. The van der Waals surface area contributed by atoms with Crippen molar-refractivity contribution in [3.63, 3.8) is 0 Å². The fraction of sp³-hybridized carbons (Fsp3) is 0.111. The van der Waals surface area contributed by atoms with Gasteiger partial charge in [0.05, 0.1) is 23.6 Å². The van der Waals surface area contributed by atoms with Crippen LogP contribution in [0.3, 0.4) is 0 Å². The highest BCUT2D eigenvalue weighted by Gasteiger charge is 2.15. The summed E-state index contributed by atoms with van der Waals surface area (Å²) in [4.78, 5) is 16.5. The summed E-state index contributed by atoms with van der Waals surface area (Å²) in [5.74, 6) is 0.684. The summed E-state index contributed by atoms with van der Waals surface area (Å²) in [5, 5.41) is 5.37. The Labute approximate surface area is 163 Å². The molecule has 1 heterocycles. The second-order valence-electron chi connectivity index (χ2n) is 5.32. The first-order chi connectivity index (χ1) is 12.0. The zero-order valence-electron chi connectivity index (χ0n) is 13.1. The van der Waals surface area contributed by atoms with Gasteiger partial charge in [-0.15, -0.1) is 0 Å². The molecule has 2 aromatic carbocycles. The summed E-state index contributed by atoms with van der Waals surface area (Å²) in [6, 6.07) is 11.2. The van der Waals surface area contributed by atoms with Gasteiger partial charge in [0.25, 0.3) is 0 Å². The molecular formula is C18H13BrCl2N2O2. The third-order valence-corrected chi connectivity index (χ3v) is 4.66. The van der Waals surface area contributed by atoms with E-state index in [0.717, 1.165) is 20.8 Å². The van der Waals surface area contributed by atoms with Gasteiger partial charge in [-0.1, -0.05) is 51.3 Å². The van der Waals surface area contributed by atoms with Crippen molar-refractivity contribution < 1.29 is 9.53 Å². The highest BCUT2D eigenvalue weighted by Crippen LogP contribution is 2.31. The van der Waals surface area contributed by atoms with Crippen LogP contribution in [0.2, 0.25) is 10.0 Å². The van der Waals surface area contributed by atoms with E-state index in [4.69, 9.17) is 27.9 Å². The van der Waals surface area contributed by atoms with Crippen molar-refractivity contribution in [3.8, 4) is 5.75 Å². The van der Waals surface area contributed by atoms with Crippen molar-refractivity contribution in [2.24, 2.45) is 0 Å². The number of rotatable bonds is 4. The van der Waals surface area contributed by atoms with E-state index < -0.39 is 0 Å². The van der Waals surface area contributed by atoms with Crippen LogP contribution in [0.1, 0.15) is 5.56 Å². The van der Waals surface area contributed by atoms with Crippen molar-refractivity contribution in [2.45, 2.75) is 6.42 Å². The van der Waals surface area contributed by atoms with Gasteiger partial charge in [0, 0.05) is 16.2 Å². The van der Waals surface area contributed by atoms with Gasteiger partial charge in [-0.2, -0.15) is 0 Å². The van der Waals surface area contributed by atoms with Gasteiger partial charge in [0.15, 0.2) is 5.82 Å². The summed E-state index contributed by atoms with van der Waals surface area (Å²) < 4.78 is 6.39. The molecule has 0 saturated carbocycles. The number of halogens is 3. The van der Waals surface area contributed by atoms with Crippen LogP contribution >= 0.6 is 39.1 Å². The number of fused-ring (bicyclic) bond motifs is 1. The van der Waals surface area contributed by atoms with Gasteiger partial charge in [0.1, 0.15) is 5.75 Å². The van der Waals surface area contributed by atoms with Gasteiger partial charge < -0.3 is 10.1 Å². The summed E-state index contributed by atoms with van der Waals surface area (Å²) in [6.45, 7) is 0. The van der Waals surface area contributed by atoms with E-state index in [2.05, 4.69) is 26.2 Å². The molecule has 3 rings (SSSR count). The molecule has 0 atom stereocenters. The summed E-state index contributed by atoms with van der Waals surface area (Å²) in [6.07, 6.45) is 1.56. The van der Waals surface area contributed by atoms with Gasteiger partial charge in [-0.05, 0) is 35.0 Å². The Morgan fingerprint density at radius 1 is 1.24 bits per heavy atom. The maximum absolute atomic E-state index is 12.5. The highest BCUT2D eigenvalue weighted by molar-refractivity contribution is 9.10. The lowest BCUT2D eigenvalue weighted by Gasteiger charge is -2.13. The quantitative estimate of drug-likeness (QED) is 0.584. The maximum atomic E-state index is 12.5. The van der Waals surface area contributed by atoms with Gasteiger partial charge in [-0.3, -0.25) is 4.79 Å². The zero-order valence-corrected chi connectivity index (χ0v) is 16.2. The predicted octanol–water partition coefficient (Wildman–Crippen LogP) is 5.49. The molecule has 1 amide bonds. The van der Waals surface area contributed by atoms with E-state index in [1.165, 1.54) is 12.3 Å². The summed E-state index contributed by atoms with van der Waals surface area (Å²) in [7, 11) is 1.58. The van der Waals surface area contributed by atoms with Crippen LogP contribution in [-0.4, -0.2) is 18.0 Å². The number of hydrogen-bond acceptors (Lipinski definition) is 3. The van der Waals surface area contributed by atoms with Crippen LogP contribution in [0.25, 0.3) is 10.8 Å². The lowest BCUT2D eigenvalue weighted by atomic mass is 10.0. The molecule has 4 nitrogen and oxygen atoms in total. The number of aromatic nitrogens is 1. The molecule has 7 heteroatoms. The Balaban J connectivity index is 1.92. The first kappa shape index (κ1) is 18.0. The molecule has 0 aliphatic heterocycles. The average molecular weight is 440 g/mol. The Morgan fingerprint density at radius 2 is 2.04 bits per heavy atom. The van der Waals surface area contributed by atoms with E-state index in [-0.39, 0.29) is 23.2 Å². The molecule has 0 bridgehead atoms. The van der Waals surface area contributed by atoms with Crippen molar-refractivity contribution >= 4 is 61.6 Å². The van der Waals surface area contributed by atoms with Crippen molar-refractivity contribution in [3.05, 3.63) is 62.7 Å². The maximum Gasteiger partial charge on any atom is 0.230 e. The SMILES string of the molecule is COc1ccc2cc(Br)ccc2c1CC(=O)Nc1ncc(Cl)cc1Cl. The molecule has 128 valence electrons. The minimum Gasteiger partial charge on any atom is -0.496 e. The number of benzene rings is 2. The van der Waals surface area contributed by atoms with Gasteiger partial charge in [-0.25, -0.2) is 4.98 Å². The Morgan fingerprint density at radius 3 is 2.76 bits per heavy atom. The van der Waals surface area contributed by atoms with Gasteiger partial charge in [0.2, 0.25) is 5.91 Å². The van der Waals surface area contributed by atoms with Crippen LogP contribution < -0.4 is 10.1 Å². The number of nitrogens with zero attached hydrogens (tertiary/aromatic N) is 1.